The first kappa shape index (κ1) is 35.2. The maximum absolute atomic E-state index is 14.6. The Balaban J connectivity index is 1.85. The SMILES string of the molecule is CC[C@@H](C)NC(=O)[C@@H](Cc1ccccc1)N(Cc1ccc(F)cc1)C(=O)CN(c1cc(C)ccc1OC)S(=O)(=O)c1ccc(C)cc1. The molecule has 4 aromatic carbocycles. The summed E-state index contributed by atoms with van der Waals surface area (Å²) in [5, 5.41) is 3.01. The first-order valence-corrected chi connectivity index (χ1v) is 17.0. The minimum atomic E-state index is -4.30. The minimum Gasteiger partial charge on any atom is -0.495 e. The Morgan fingerprint density at radius 3 is 2.13 bits per heavy atom. The van der Waals surface area contributed by atoms with Crippen LogP contribution >= 0.6 is 0 Å². The van der Waals surface area contributed by atoms with Gasteiger partial charge in [0.2, 0.25) is 11.8 Å². The summed E-state index contributed by atoms with van der Waals surface area (Å²) < 4.78 is 49.2. The fourth-order valence-corrected chi connectivity index (χ4v) is 6.54. The Kier molecular flexibility index (Phi) is 11.8. The van der Waals surface area contributed by atoms with Gasteiger partial charge in [0.05, 0.1) is 17.7 Å². The number of benzene rings is 4. The first-order chi connectivity index (χ1) is 22.4. The molecule has 248 valence electrons. The molecule has 2 atom stereocenters. The van der Waals surface area contributed by atoms with E-state index in [0.29, 0.717) is 12.0 Å². The monoisotopic (exact) mass is 659 g/mol. The van der Waals surface area contributed by atoms with Crippen molar-refractivity contribution in [1.82, 2.24) is 10.2 Å². The molecule has 0 fully saturated rings. The van der Waals surface area contributed by atoms with Crippen LogP contribution in [0.1, 0.15) is 42.5 Å². The number of anilines is 1. The van der Waals surface area contributed by atoms with E-state index >= 15 is 0 Å². The zero-order valence-electron chi connectivity index (χ0n) is 27.4. The maximum atomic E-state index is 14.6. The molecule has 8 nitrogen and oxygen atoms in total. The Morgan fingerprint density at radius 1 is 0.872 bits per heavy atom. The zero-order chi connectivity index (χ0) is 34.1. The molecule has 0 unspecified atom stereocenters. The number of rotatable bonds is 14. The molecule has 0 aliphatic heterocycles. The van der Waals surface area contributed by atoms with Gasteiger partial charge in [-0.05, 0) is 80.3 Å². The van der Waals surface area contributed by atoms with Gasteiger partial charge in [-0.25, -0.2) is 12.8 Å². The number of carbonyl (C=O) groups is 2. The third-order valence-corrected chi connectivity index (χ3v) is 9.80. The topological polar surface area (TPSA) is 96.0 Å². The van der Waals surface area contributed by atoms with Gasteiger partial charge >= 0.3 is 0 Å². The molecule has 4 aromatic rings. The summed E-state index contributed by atoms with van der Waals surface area (Å²) in [6, 6.07) is 25.3. The zero-order valence-corrected chi connectivity index (χ0v) is 28.3. The number of nitrogens with one attached hydrogen (secondary N) is 1. The molecule has 0 bridgehead atoms. The van der Waals surface area contributed by atoms with Gasteiger partial charge in [0, 0.05) is 19.0 Å². The highest BCUT2D eigenvalue weighted by Crippen LogP contribution is 2.34. The van der Waals surface area contributed by atoms with Crippen LogP contribution in [0.3, 0.4) is 0 Å². The number of ether oxygens (including phenoxy) is 1. The van der Waals surface area contributed by atoms with Crippen LogP contribution in [0.25, 0.3) is 0 Å². The van der Waals surface area contributed by atoms with Crippen LogP contribution in [0.15, 0.2) is 102 Å². The summed E-state index contributed by atoms with van der Waals surface area (Å²) in [5.41, 5.74) is 3.22. The molecule has 0 saturated carbocycles. The van der Waals surface area contributed by atoms with E-state index in [-0.39, 0.29) is 41.2 Å². The van der Waals surface area contributed by atoms with Crippen LogP contribution in [0.5, 0.6) is 5.75 Å². The molecule has 0 radical (unpaired) electrons. The van der Waals surface area contributed by atoms with E-state index in [1.165, 1.54) is 36.3 Å². The lowest BCUT2D eigenvalue weighted by Crippen LogP contribution is -2.54. The van der Waals surface area contributed by atoms with E-state index in [1.54, 1.807) is 42.5 Å². The molecule has 4 rings (SSSR count). The molecule has 10 heteroatoms. The minimum absolute atomic E-state index is 0.0000991. The van der Waals surface area contributed by atoms with Crippen molar-refractivity contribution in [2.45, 2.75) is 64.1 Å². The van der Waals surface area contributed by atoms with Crippen LogP contribution in [-0.4, -0.2) is 50.9 Å². The molecule has 0 aliphatic carbocycles. The van der Waals surface area contributed by atoms with Gasteiger partial charge in [-0.15, -0.1) is 0 Å². The van der Waals surface area contributed by atoms with E-state index in [0.717, 1.165) is 21.0 Å². The highest BCUT2D eigenvalue weighted by atomic mass is 32.2. The van der Waals surface area contributed by atoms with Crippen molar-refractivity contribution in [1.29, 1.82) is 0 Å². The molecule has 0 aromatic heterocycles. The maximum Gasteiger partial charge on any atom is 0.264 e. The summed E-state index contributed by atoms with van der Waals surface area (Å²) in [5.74, 6) is -1.17. The number of hydrogen-bond acceptors (Lipinski definition) is 5. The van der Waals surface area contributed by atoms with Crippen LogP contribution in [-0.2, 0) is 32.6 Å². The second kappa shape index (κ2) is 15.7. The van der Waals surface area contributed by atoms with Gasteiger partial charge in [0.15, 0.2) is 0 Å². The predicted molar refractivity (Wildman–Crippen MR) is 182 cm³/mol. The number of nitrogens with zero attached hydrogens (tertiary/aromatic N) is 2. The first-order valence-electron chi connectivity index (χ1n) is 15.5. The average molecular weight is 660 g/mol. The molecule has 1 N–H and O–H groups in total. The molecule has 0 spiro atoms. The van der Waals surface area contributed by atoms with Crippen molar-refractivity contribution in [3.63, 3.8) is 0 Å². The van der Waals surface area contributed by atoms with Crippen molar-refractivity contribution in [3.05, 3.63) is 125 Å². The van der Waals surface area contributed by atoms with Crippen LogP contribution < -0.4 is 14.4 Å². The van der Waals surface area contributed by atoms with Gasteiger partial charge in [-0.1, -0.05) is 73.2 Å². The molecule has 0 heterocycles. The molecular weight excluding hydrogens is 617 g/mol. The van der Waals surface area contributed by atoms with Crippen LogP contribution in [0, 0.1) is 19.7 Å². The van der Waals surface area contributed by atoms with E-state index in [9.17, 15) is 22.4 Å². The standard InChI is InChI=1S/C37H42FN3O5S/c1-6-28(4)39-37(43)34(23-29-10-8-7-9-11-29)40(24-30-15-17-31(38)18-16-30)36(42)25-41(33-22-27(3)14-21-35(33)46-5)47(44,45)32-19-12-26(2)13-20-32/h7-22,28,34H,6,23-25H2,1-5H3,(H,39,43)/t28-,34-/m1/s1. The molecule has 0 saturated heterocycles. The number of carbonyl (C=O) groups excluding carboxylic acids is 2. The van der Waals surface area contributed by atoms with Crippen LogP contribution in [0.2, 0.25) is 0 Å². The van der Waals surface area contributed by atoms with E-state index in [1.807, 2.05) is 58.0 Å². The highest BCUT2D eigenvalue weighted by molar-refractivity contribution is 7.92. The number of methoxy groups -OCH3 is 1. The summed E-state index contributed by atoms with van der Waals surface area (Å²) in [6.07, 6.45) is 0.847. The van der Waals surface area contributed by atoms with E-state index in [4.69, 9.17) is 4.74 Å². The number of halogens is 1. The summed E-state index contributed by atoms with van der Waals surface area (Å²) >= 11 is 0. The summed E-state index contributed by atoms with van der Waals surface area (Å²) in [6.45, 7) is 6.81. The van der Waals surface area contributed by atoms with Crippen molar-refractivity contribution >= 4 is 27.5 Å². The van der Waals surface area contributed by atoms with E-state index in [2.05, 4.69) is 5.32 Å². The Labute approximate surface area is 277 Å². The smallest absolute Gasteiger partial charge is 0.264 e. The number of aryl methyl sites for hydroxylation is 2. The number of hydrogen-bond donors (Lipinski definition) is 1. The molecule has 0 aliphatic rings. The van der Waals surface area contributed by atoms with Crippen LogP contribution in [0.4, 0.5) is 10.1 Å². The fourth-order valence-electron chi connectivity index (χ4n) is 5.13. The highest BCUT2D eigenvalue weighted by Gasteiger charge is 2.36. The van der Waals surface area contributed by atoms with Crippen molar-refractivity contribution in [2.24, 2.45) is 0 Å². The van der Waals surface area contributed by atoms with E-state index < -0.39 is 34.3 Å². The Hall–Kier alpha value is -4.70. The fraction of sp³-hybridized carbons (Fsp3) is 0.297. The predicted octanol–water partition coefficient (Wildman–Crippen LogP) is 6.20. The van der Waals surface area contributed by atoms with Gasteiger partial charge in [-0.2, -0.15) is 0 Å². The molecular formula is C37H42FN3O5S. The third-order valence-electron chi connectivity index (χ3n) is 8.03. The number of sulfonamides is 1. The second-order valence-electron chi connectivity index (χ2n) is 11.7. The van der Waals surface area contributed by atoms with Gasteiger partial charge in [0.25, 0.3) is 10.0 Å². The Morgan fingerprint density at radius 2 is 1.51 bits per heavy atom. The average Bonchev–Trinajstić information content (AvgIpc) is 3.06. The Bertz CT molecular complexity index is 1760. The lowest BCUT2D eigenvalue weighted by Gasteiger charge is -2.34. The largest absolute Gasteiger partial charge is 0.495 e. The van der Waals surface area contributed by atoms with Crippen molar-refractivity contribution in [3.8, 4) is 5.75 Å². The van der Waals surface area contributed by atoms with Crippen molar-refractivity contribution in [2.75, 3.05) is 18.0 Å². The quantitative estimate of drug-likeness (QED) is 0.174. The summed E-state index contributed by atoms with van der Waals surface area (Å²) in [4.78, 5) is 30.0. The van der Waals surface area contributed by atoms with Crippen molar-refractivity contribution < 1.29 is 27.1 Å². The van der Waals surface area contributed by atoms with Gasteiger partial charge < -0.3 is 15.0 Å². The van der Waals surface area contributed by atoms with Gasteiger partial charge in [-0.3, -0.25) is 13.9 Å². The normalized spacial score (nSPS) is 12.6. The molecule has 47 heavy (non-hydrogen) atoms. The van der Waals surface area contributed by atoms with Gasteiger partial charge in [0.1, 0.15) is 24.2 Å². The third kappa shape index (κ3) is 8.98. The molecule has 2 amide bonds. The summed E-state index contributed by atoms with van der Waals surface area (Å²) in [7, 11) is -2.87. The number of amides is 2. The second-order valence-corrected chi connectivity index (χ2v) is 13.5. The lowest BCUT2D eigenvalue weighted by molar-refractivity contribution is -0.140. The lowest BCUT2D eigenvalue weighted by atomic mass is 10.0.